The van der Waals surface area contributed by atoms with Crippen molar-refractivity contribution in [2.45, 2.75) is 84.8 Å². The molecule has 4 rings (SSSR count). The Kier molecular flexibility index (Phi) is 10.8. The zero-order valence-corrected chi connectivity index (χ0v) is 25.1. The predicted octanol–water partition coefficient (Wildman–Crippen LogP) is 5.32. The third kappa shape index (κ3) is 8.17. The number of amides is 2. The number of aryl methyl sites for hydroxylation is 2. The van der Waals surface area contributed by atoms with Crippen molar-refractivity contribution in [3.05, 3.63) is 70.8 Å². The van der Waals surface area contributed by atoms with Gasteiger partial charge in [-0.15, -0.1) is 0 Å². The maximum atomic E-state index is 13.8. The fourth-order valence-electron chi connectivity index (χ4n) is 6.54. The van der Waals surface area contributed by atoms with Gasteiger partial charge in [-0.3, -0.25) is 14.5 Å². The molecule has 40 heavy (non-hydrogen) atoms. The molecule has 4 atom stereocenters. The van der Waals surface area contributed by atoms with Crippen LogP contribution in [0.3, 0.4) is 0 Å². The summed E-state index contributed by atoms with van der Waals surface area (Å²) >= 11 is 0. The van der Waals surface area contributed by atoms with Gasteiger partial charge in [0.2, 0.25) is 5.91 Å². The number of benzene rings is 2. The summed E-state index contributed by atoms with van der Waals surface area (Å²) in [5.74, 6) is 1.46. The van der Waals surface area contributed by atoms with Crippen molar-refractivity contribution in [3.8, 4) is 0 Å². The summed E-state index contributed by atoms with van der Waals surface area (Å²) in [7, 11) is 0. The Bertz CT molecular complexity index is 1100. The molecular weight excluding hydrogens is 496 g/mol. The van der Waals surface area contributed by atoms with Crippen molar-refractivity contribution >= 4 is 11.8 Å². The van der Waals surface area contributed by atoms with Gasteiger partial charge in [0.25, 0.3) is 5.91 Å². The molecular formula is C34H50N4O2. The molecule has 2 aliphatic rings. The predicted molar refractivity (Wildman–Crippen MR) is 163 cm³/mol. The van der Waals surface area contributed by atoms with Crippen molar-refractivity contribution in [1.29, 1.82) is 0 Å². The molecule has 3 N–H and O–H groups in total. The average Bonchev–Trinajstić information content (AvgIpc) is 2.96. The SMILES string of the molecule is Cc1ccc(CN(CC(C)C)C2CCN(C(=O)c3ccc(C)cc3)[C@@H](C(=O)NCC3CCCC(CN)C3)C2)cc1. The molecule has 1 aliphatic carbocycles. The highest BCUT2D eigenvalue weighted by Crippen LogP contribution is 2.29. The summed E-state index contributed by atoms with van der Waals surface area (Å²) in [6, 6.07) is 16.2. The lowest BCUT2D eigenvalue weighted by atomic mass is 9.81. The summed E-state index contributed by atoms with van der Waals surface area (Å²) < 4.78 is 0. The fourth-order valence-corrected chi connectivity index (χ4v) is 6.54. The number of hydrogen-bond acceptors (Lipinski definition) is 4. The molecule has 0 bridgehead atoms. The van der Waals surface area contributed by atoms with Crippen LogP contribution in [0.25, 0.3) is 0 Å². The first-order chi connectivity index (χ1) is 19.2. The first-order valence-electron chi connectivity index (χ1n) is 15.4. The van der Waals surface area contributed by atoms with E-state index in [-0.39, 0.29) is 17.9 Å². The second kappa shape index (κ2) is 14.3. The van der Waals surface area contributed by atoms with E-state index in [0.29, 0.717) is 42.8 Å². The summed E-state index contributed by atoms with van der Waals surface area (Å²) in [6.07, 6.45) is 6.09. The summed E-state index contributed by atoms with van der Waals surface area (Å²) in [4.78, 5) is 31.9. The molecule has 1 heterocycles. The third-order valence-corrected chi connectivity index (χ3v) is 8.85. The first kappa shape index (κ1) is 30.3. The second-order valence-electron chi connectivity index (χ2n) is 12.7. The Morgan fingerprint density at radius 1 is 0.950 bits per heavy atom. The molecule has 6 heteroatoms. The van der Waals surface area contributed by atoms with Crippen LogP contribution in [-0.4, -0.2) is 59.9 Å². The highest BCUT2D eigenvalue weighted by molar-refractivity contribution is 5.97. The van der Waals surface area contributed by atoms with Gasteiger partial charge in [-0.1, -0.05) is 67.8 Å². The van der Waals surface area contributed by atoms with Gasteiger partial charge in [0.05, 0.1) is 0 Å². The van der Waals surface area contributed by atoms with Crippen LogP contribution in [0, 0.1) is 31.6 Å². The van der Waals surface area contributed by atoms with E-state index in [1.807, 2.05) is 36.1 Å². The molecule has 218 valence electrons. The molecule has 2 fully saturated rings. The van der Waals surface area contributed by atoms with E-state index >= 15 is 0 Å². The number of carbonyl (C=O) groups is 2. The van der Waals surface area contributed by atoms with Crippen LogP contribution >= 0.6 is 0 Å². The molecule has 2 aromatic carbocycles. The van der Waals surface area contributed by atoms with Crippen LogP contribution in [0.5, 0.6) is 0 Å². The van der Waals surface area contributed by atoms with Gasteiger partial charge in [0, 0.05) is 37.8 Å². The smallest absolute Gasteiger partial charge is 0.254 e. The Balaban J connectivity index is 1.52. The lowest BCUT2D eigenvalue weighted by molar-refractivity contribution is -0.128. The molecule has 3 unspecified atom stereocenters. The van der Waals surface area contributed by atoms with E-state index in [4.69, 9.17) is 5.73 Å². The van der Waals surface area contributed by atoms with Crippen molar-refractivity contribution in [2.75, 3.05) is 26.2 Å². The van der Waals surface area contributed by atoms with Crippen molar-refractivity contribution in [1.82, 2.24) is 15.1 Å². The highest BCUT2D eigenvalue weighted by Gasteiger charge is 2.39. The van der Waals surface area contributed by atoms with Gasteiger partial charge in [0.1, 0.15) is 6.04 Å². The number of piperidine rings is 1. The van der Waals surface area contributed by atoms with Gasteiger partial charge in [-0.2, -0.15) is 0 Å². The normalized spacial score (nSPS) is 23.4. The van der Waals surface area contributed by atoms with Crippen LogP contribution in [-0.2, 0) is 11.3 Å². The average molecular weight is 547 g/mol. The molecule has 2 amide bonds. The molecule has 0 radical (unpaired) electrons. The molecule has 0 aromatic heterocycles. The molecule has 1 saturated heterocycles. The number of hydrogen-bond donors (Lipinski definition) is 2. The molecule has 1 saturated carbocycles. The largest absolute Gasteiger partial charge is 0.354 e. The van der Waals surface area contributed by atoms with E-state index in [2.05, 4.69) is 55.3 Å². The number of nitrogens with two attached hydrogens (primary N) is 1. The number of carbonyl (C=O) groups excluding carboxylic acids is 2. The van der Waals surface area contributed by atoms with Crippen LogP contribution in [0.15, 0.2) is 48.5 Å². The lowest BCUT2D eigenvalue weighted by Gasteiger charge is -2.43. The Hall–Kier alpha value is -2.70. The van der Waals surface area contributed by atoms with Gasteiger partial charge >= 0.3 is 0 Å². The van der Waals surface area contributed by atoms with E-state index in [1.54, 1.807) is 0 Å². The first-order valence-corrected chi connectivity index (χ1v) is 15.4. The third-order valence-electron chi connectivity index (χ3n) is 8.85. The summed E-state index contributed by atoms with van der Waals surface area (Å²) in [5.41, 5.74) is 10.3. The van der Waals surface area contributed by atoms with E-state index in [0.717, 1.165) is 44.5 Å². The van der Waals surface area contributed by atoms with E-state index in [9.17, 15) is 9.59 Å². The lowest BCUT2D eigenvalue weighted by Crippen LogP contribution is -2.58. The van der Waals surface area contributed by atoms with Gasteiger partial charge < -0.3 is 16.0 Å². The fraction of sp³-hybridized carbons (Fsp3) is 0.588. The van der Waals surface area contributed by atoms with Crippen LogP contribution < -0.4 is 11.1 Å². The van der Waals surface area contributed by atoms with Gasteiger partial charge in [0.15, 0.2) is 0 Å². The minimum absolute atomic E-state index is 0.0140. The van der Waals surface area contributed by atoms with Crippen LogP contribution in [0.4, 0.5) is 0 Å². The minimum atomic E-state index is -0.478. The number of nitrogens with zero attached hydrogens (tertiary/aromatic N) is 2. The Labute approximate surface area is 241 Å². The minimum Gasteiger partial charge on any atom is -0.354 e. The monoisotopic (exact) mass is 546 g/mol. The van der Waals surface area contributed by atoms with Crippen LogP contribution in [0.2, 0.25) is 0 Å². The number of likely N-dealkylation sites (tertiary alicyclic amines) is 1. The quantitative estimate of drug-likeness (QED) is 0.423. The molecule has 0 spiro atoms. The zero-order valence-electron chi connectivity index (χ0n) is 25.1. The van der Waals surface area contributed by atoms with E-state index in [1.165, 1.54) is 24.0 Å². The Morgan fingerprint density at radius 2 is 1.60 bits per heavy atom. The van der Waals surface area contributed by atoms with Crippen molar-refractivity contribution < 1.29 is 9.59 Å². The van der Waals surface area contributed by atoms with Gasteiger partial charge in [-0.05, 0) is 87.9 Å². The van der Waals surface area contributed by atoms with Crippen molar-refractivity contribution in [2.24, 2.45) is 23.5 Å². The molecule has 2 aromatic rings. The van der Waals surface area contributed by atoms with Crippen molar-refractivity contribution in [3.63, 3.8) is 0 Å². The second-order valence-corrected chi connectivity index (χ2v) is 12.7. The van der Waals surface area contributed by atoms with Crippen LogP contribution in [0.1, 0.15) is 79.4 Å². The van der Waals surface area contributed by atoms with Gasteiger partial charge in [-0.25, -0.2) is 0 Å². The topological polar surface area (TPSA) is 78.7 Å². The molecule has 6 nitrogen and oxygen atoms in total. The maximum absolute atomic E-state index is 13.8. The standard InChI is InChI=1S/C34H50N4O2/c1-24(2)22-37(23-27-12-8-25(3)9-13-27)31-16-17-38(34(40)30-14-10-26(4)11-15-30)32(19-31)33(39)36-21-29-7-5-6-28(18-29)20-35/h8-15,24,28-29,31-32H,5-7,16-23,35H2,1-4H3,(H,36,39)/t28?,29?,31?,32-/m1/s1. The summed E-state index contributed by atoms with van der Waals surface area (Å²) in [6.45, 7) is 12.4. The molecule has 1 aliphatic heterocycles. The number of rotatable bonds is 10. The highest BCUT2D eigenvalue weighted by atomic mass is 16.2. The Morgan fingerprint density at radius 3 is 2.25 bits per heavy atom. The zero-order chi connectivity index (χ0) is 28.6. The maximum Gasteiger partial charge on any atom is 0.254 e. The van der Waals surface area contributed by atoms with E-state index < -0.39 is 6.04 Å². The summed E-state index contributed by atoms with van der Waals surface area (Å²) in [5, 5.41) is 3.28. The number of nitrogens with one attached hydrogen (secondary N) is 1.